The van der Waals surface area contributed by atoms with E-state index < -0.39 is 0 Å². The Morgan fingerprint density at radius 3 is 2.74 bits per heavy atom. The topological polar surface area (TPSA) is 42.0 Å². The molecule has 0 unspecified atom stereocenters. The number of rotatable bonds is 4. The Balaban J connectivity index is 1.86. The number of amides is 1. The number of hydrogen-bond acceptors (Lipinski definition) is 2. The molecule has 0 saturated carbocycles. The summed E-state index contributed by atoms with van der Waals surface area (Å²) in [6.45, 7) is 0.543. The van der Waals surface area contributed by atoms with Crippen LogP contribution in [0.25, 0.3) is 0 Å². The Morgan fingerprint density at radius 2 is 2.05 bits per heavy atom. The summed E-state index contributed by atoms with van der Waals surface area (Å²) in [5.41, 5.74) is 1.58. The maximum atomic E-state index is 11.8. The maximum Gasteiger partial charge on any atom is 0.252 e. The van der Waals surface area contributed by atoms with Crippen molar-refractivity contribution in [1.82, 2.24) is 10.3 Å². The maximum absolute atomic E-state index is 11.8. The van der Waals surface area contributed by atoms with E-state index in [0.29, 0.717) is 22.3 Å². The quantitative estimate of drug-likeness (QED) is 0.879. The molecule has 0 aliphatic heterocycles. The first kappa shape index (κ1) is 13.8. The van der Waals surface area contributed by atoms with Crippen LogP contribution in [0, 0.1) is 0 Å². The second-order valence-electron chi connectivity index (χ2n) is 4.01. The molecule has 1 heterocycles. The molecule has 0 atom stereocenters. The molecule has 0 spiro atoms. The van der Waals surface area contributed by atoms with Gasteiger partial charge in [-0.15, -0.1) is 0 Å². The molecule has 5 heteroatoms. The molecule has 3 nitrogen and oxygen atoms in total. The van der Waals surface area contributed by atoms with E-state index in [1.165, 1.54) is 6.20 Å². The van der Waals surface area contributed by atoms with Gasteiger partial charge in [-0.2, -0.15) is 0 Å². The van der Waals surface area contributed by atoms with Crippen molar-refractivity contribution in [3.63, 3.8) is 0 Å². The van der Waals surface area contributed by atoms with Crippen molar-refractivity contribution in [2.75, 3.05) is 6.54 Å². The summed E-state index contributed by atoms with van der Waals surface area (Å²) in [5, 5.41) is 3.89. The van der Waals surface area contributed by atoms with Gasteiger partial charge < -0.3 is 5.32 Å². The minimum atomic E-state index is -0.161. The lowest BCUT2D eigenvalue weighted by molar-refractivity contribution is 0.0954. The van der Waals surface area contributed by atoms with E-state index in [1.807, 2.05) is 24.3 Å². The fraction of sp³-hybridized carbons (Fsp3) is 0.143. The van der Waals surface area contributed by atoms with Gasteiger partial charge in [-0.3, -0.25) is 4.79 Å². The second kappa shape index (κ2) is 6.55. The highest BCUT2D eigenvalue weighted by Crippen LogP contribution is 2.10. The lowest BCUT2D eigenvalue weighted by Gasteiger charge is -2.05. The molecule has 1 N–H and O–H groups in total. The minimum Gasteiger partial charge on any atom is -0.352 e. The van der Waals surface area contributed by atoms with Crippen LogP contribution in [0.5, 0.6) is 0 Å². The van der Waals surface area contributed by atoms with Gasteiger partial charge >= 0.3 is 0 Å². The normalized spacial score (nSPS) is 10.2. The highest BCUT2D eigenvalue weighted by molar-refractivity contribution is 6.30. The molecule has 2 aromatic rings. The number of pyridine rings is 1. The van der Waals surface area contributed by atoms with Gasteiger partial charge in [0, 0.05) is 17.8 Å². The Bertz CT molecular complexity index is 570. The number of hydrogen-bond donors (Lipinski definition) is 1. The Kier molecular flexibility index (Phi) is 4.77. The molecule has 0 aliphatic rings. The monoisotopic (exact) mass is 294 g/mol. The lowest BCUT2D eigenvalue weighted by atomic mass is 10.1. The number of benzene rings is 1. The standard InChI is InChI=1S/C14H12Cl2N2O/c15-12-3-1-2-10(8-12)6-7-17-14(19)11-4-5-13(16)18-9-11/h1-5,8-9H,6-7H2,(H,17,19). The number of aromatic nitrogens is 1. The molecule has 1 amide bonds. The van der Waals surface area contributed by atoms with E-state index in [2.05, 4.69) is 10.3 Å². The fourth-order valence-electron chi connectivity index (χ4n) is 1.63. The van der Waals surface area contributed by atoms with Crippen LogP contribution < -0.4 is 5.32 Å². The molecule has 0 aliphatic carbocycles. The van der Waals surface area contributed by atoms with Gasteiger partial charge in [0.05, 0.1) is 5.56 Å². The summed E-state index contributed by atoms with van der Waals surface area (Å²) < 4.78 is 0. The van der Waals surface area contributed by atoms with E-state index in [1.54, 1.807) is 12.1 Å². The summed E-state index contributed by atoms with van der Waals surface area (Å²) in [5.74, 6) is -0.161. The summed E-state index contributed by atoms with van der Waals surface area (Å²) >= 11 is 11.5. The van der Waals surface area contributed by atoms with Crippen LogP contribution in [0.3, 0.4) is 0 Å². The van der Waals surface area contributed by atoms with Crippen LogP contribution in [0.2, 0.25) is 10.2 Å². The Morgan fingerprint density at radius 1 is 1.21 bits per heavy atom. The first-order valence-electron chi connectivity index (χ1n) is 5.79. The average molecular weight is 295 g/mol. The molecule has 0 bridgehead atoms. The van der Waals surface area contributed by atoms with Gasteiger partial charge in [-0.1, -0.05) is 35.3 Å². The molecule has 19 heavy (non-hydrogen) atoms. The van der Waals surface area contributed by atoms with Crippen molar-refractivity contribution in [2.24, 2.45) is 0 Å². The molecule has 0 fully saturated rings. The third-order valence-corrected chi connectivity index (χ3v) is 3.04. The summed E-state index contributed by atoms with van der Waals surface area (Å²) in [6, 6.07) is 10.8. The molecule has 2 rings (SSSR count). The zero-order chi connectivity index (χ0) is 13.7. The molecular formula is C14H12Cl2N2O. The summed E-state index contributed by atoms with van der Waals surface area (Å²) in [4.78, 5) is 15.7. The van der Waals surface area contributed by atoms with Crippen molar-refractivity contribution < 1.29 is 4.79 Å². The molecule has 0 radical (unpaired) electrons. The van der Waals surface area contributed by atoms with Crippen molar-refractivity contribution in [1.29, 1.82) is 0 Å². The van der Waals surface area contributed by atoms with Crippen LogP contribution in [0.1, 0.15) is 15.9 Å². The van der Waals surface area contributed by atoms with Crippen molar-refractivity contribution >= 4 is 29.1 Å². The van der Waals surface area contributed by atoms with Crippen molar-refractivity contribution in [2.45, 2.75) is 6.42 Å². The summed E-state index contributed by atoms with van der Waals surface area (Å²) in [6.07, 6.45) is 2.18. The number of halogens is 2. The highest BCUT2D eigenvalue weighted by Gasteiger charge is 2.05. The van der Waals surface area contributed by atoms with Crippen LogP contribution in [0.4, 0.5) is 0 Å². The van der Waals surface area contributed by atoms with Crippen LogP contribution in [-0.2, 0) is 6.42 Å². The summed E-state index contributed by atoms with van der Waals surface area (Å²) in [7, 11) is 0. The zero-order valence-corrected chi connectivity index (χ0v) is 11.6. The van der Waals surface area contributed by atoms with Crippen LogP contribution >= 0.6 is 23.2 Å². The second-order valence-corrected chi connectivity index (χ2v) is 4.83. The Labute approximate surface area is 121 Å². The predicted octanol–water partition coefficient (Wildman–Crippen LogP) is 3.36. The van der Waals surface area contributed by atoms with Gasteiger partial charge in [0.15, 0.2) is 0 Å². The van der Waals surface area contributed by atoms with Crippen LogP contribution in [0.15, 0.2) is 42.6 Å². The average Bonchev–Trinajstić information content (AvgIpc) is 2.39. The van der Waals surface area contributed by atoms with E-state index in [0.717, 1.165) is 12.0 Å². The first-order chi connectivity index (χ1) is 9.15. The number of nitrogens with zero attached hydrogens (tertiary/aromatic N) is 1. The largest absolute Gasteiger partial charge is 0.352 e. The number of carbonyl (C=O) groups is 1. The zero-order valence-electron chi connectivity index (χ0n) is 10.1. The molecular weight excluding hydrogens is 283 g/mol. The van der Waals surface area contributed by atoms with Gasteiger partial charge in [0.1, 0.15) is 5.15 Å². The van der Waals surface area contributed by atoms with E-state index in [-0.39, 0.29) is 5.91 Å². The molecule has 0 saturated heterocycles. The smallest absolute Gasteiger partial charge is 0.252 e. The van der Waals surface area contributed by atoms with Crippen molar-refractivity contribution in [3.05, 3.63) is 63.9 Å². The number of nitrogens with one attached hydrogen (secondary N) is 1. The lowest BCUT2D eigenvalue weighted by Crippen LogP contribution is -2.25. The molecule has 1 aromatic carbocycles. The van der Waals surface area contributed by atoms with Gasteiger partial charge in [-0.05, 0) is 36.2 Å². The molecule has 98 valence electrons. The molecule has 1 aromatic heterocycles. The fourth-order valence-corrected chi connectivity index (χ4v) is 1.95. The third kappa shape index (κ3) is 4.23. The SMILES string of the molecule is O=C(NCCc1cccc(Cl)c1)c1ccc(Cl)nc1. The van der Waals surface area contributed by atoms with Crippen LogP contribution in [-0.4, -0.2) is 17.4 Å². The van der Waals surface area contributed by atoms with Gasteiger partial charge in [-0.25, -0.2) is 4.98 Å². The van der Waals surface area contributed by atoms with Gasteiger partial charge in [0.2, 0.25) is 0 Å². The van der Waals surface area contributed by atoms with E-state index >= 15 is 0 Å². The van der Waals surface area contributed by atoms with E-state index in [4.69, 9.17) is 23.2 Å². The first-order valence-corrected chi connectivity index (χ1v) is 6.55. The third-order valence-electron chi connectivity index (χ3n) is 2.58. The van der Waals surface area contributed by atoms with Crippen molar-refractivity contribution in [3.8, 4) is 0 Å². The Hall–Kier alpha value is -1.58. The predicted molar refractivity (Wildman–Crippen MR) is 76.7 cm³/mol. The minimum absolute atomic E-state index is 0.161. The highest BCUT2D eigenvalue weighted by atomic mass is 35.5. The number of carbonyl (C=O) groups excluding carboxylic acids is 1. The van der Waals surface area contributed by atoms with Gasteiger partial charge in [0.25, 0.3) is 5.91 Å². The van der Waals surface area contributed by atoms with E-state index in [9.17, 15) is 4.79 Å².